The number of benzene rings is 6. The molecule has 2 aliphatic rings. The number of nitrogens with zero attached hydrogens (tertiary/aromatic N) is 3. The van der Waals surface area contributed by atoms with Gasteiger partial charge < -0.3 is 9.47 Å². The summed E-state index contributed by atoms with van der Waals surface area (Å²) >= 11 is 0. The maximum Gasteiger partial charge on any atom is 0.170 e. The number of allylic oxidation sites excluding steroid dienone is 8. The highest BCUT2D eigenvalue weighted by Gasteiger charge is 2.47. The maximum atomic E-state index is 6.75. The van der Waals surface area contributed by atoms with Gasteiger partial charge in [-0.05, 0) is 94.8 Å². The molecule has 0 spiro atoms. The Morgan fingerprint density at radius 2 is 1.21 bits per heavy atom. The van der Waals surface area contributed by atoms with Crippen LogP contribution in [0.1, 0.15) is 47.5 Å². The molecule has 1 aromatic heterocycles. The molecule has 0 atom stereocenters. The third-order valence-electron chi connectivity index (χ3n) is 10.7. The predicted molar refractivity (Wildman–Crippen MR) is 231 cm³/mol. The van der Waals surface area contributed by atoms with Gasteiger partial charge >= 0.3 is 0 Å². The van der Waals surface area contributed by atoms with E-state index in [-0.39, 0.29) is 0 Å². The second kappa shape index (κ2) is 14.7. The normalized spacial score (nSPS) is 13.8. The van der Waals surface area contributed by atoms with Crippen molar-refractivity contribution in [2.75, 3.05) is 0 Å². The van der Waals surface area contributed by atoms with Crippen molar-refractivity contribution < 1.29 is 9.47 Å². The molecule has 0 amide bonds. The van der Waals surface area contributed by atoms with E-state index in [4.69, 9.17) is 24.4 Å². The summed E-state index contributed by atoms with van der Waals surface area (Å²) < 4.78 is 13.5. The van der Waals surface area contributed by atoms with E-state index in [1.807, 2.05) is 80.6 Å². The van der Waals surface area contributed by atoms with Gasteiger partial charge in [0.2, 0.25) is 0 Å². The summed E-state index contributed by atoms with van der Waals surface area (Å²) in [6.45, 7) is 11.8. The van der Waals surface area contributed by atoms with Gasteiger partial charge in [-0.25, -0.2) is 15.0 Å². The molecular formula is C52H39N3O2. The van der Waals surface area contributed by atoms with E-state index in [2.05, 4.69) is 116 Å². The number of fused-ring (bicyclic) bond motifs is 5. The van der Waals surface area contributed by atoms with Crippen LogP contribution in [0.3, 0.4) is 0 Å². The van der Waals surface area contributed by atoms with Gasteiger partial charge in [-0.2, -0.15) is 0 Å². The second-order valence-corrected chi connectivity index (χ2v) is 13.9. The summed E-state index contributed by atoms with van der Waals surface area (Å²) in [7, 11) is 0. The maximum absolute atomic E-state index is 6.75. The molecule has 9 rings (SSSR count). The van der Waals surface area contributed by atoms with Crippen LogP contribution in [-0.4, -0.2) is 15.0 Å². The van der Waals surface area contributed by atoms with E-state index in [1.54, 1.807) is 6.08 Å². The molecule has 57 heavy (non-hydrogen) atoms. The van der Waals surface area contributed by atoms with Gasteiger partial charge in [0.05, 0.1) is 5.41 Å². The molecule has 0 fully saturated rings. The SMILES string of the molecule is C=C/C=C(\C=C)c1cccc(-c2nc(C(/C=C\C)=C/C)nc(-c3ccc4c(c3)Oc3cc5c(cc3O4)C(c3ccccc3)(c3ccccc3)c3ccccc3-5)n2)c1. The van der Waals surface area contributed by atoms with Crippen molar-refractivity contribution in [2.45, 2.75) is 19.3 Å². The molecule has 1 aliphatic carbocycles. The molecule has 0 saturated carbocycles. The fourth-order valence-electron chi connectivity index (χ4n) is 8.15. The lowest BCUT2D eigenvalue weighted by atomic mass is 9.67. The van der Waals surface area contributed by atoms with Crippen LogP contribution in [0.4, 0.5) is 0 Å². The van der Waals surface area contributed by atoms with Gasteiger partial charge in [0.1, 0.15) is 0 Å². The Labute approximate surface area is 333 Å². The minimum Gasteiger partial charge on any atom is -0.450 e. The summed E-state index contributed by atoms with van der Waals surface area (Å²) in [5, 5.41) is 0. The highest BCUT2D eigenvalue weighted by atomic mass is 16.6. The minimum atomic E-state index is -0.543. The highest BCUT2D eigenvalue weighted by molar-refractivity contribution is 5.88. The highest BCUT2D eigenvalue weighted by Crippen LogP contribution is 2.59. The molecule has 0 N–H and O–H groups in total. The minimum absolute atomic E-state index is 0.519. The first-order chi connectivity index (χ1) is 28.0. The molecule has 0 radical (unpaired) electrons. The number of ether oxygens (including phenoxy) is 2. The smallest absolute Gasteiger partial charge is 0.170 e. The lowest BCUT2D eigenvalue weighted by Gasteiger charge is -2.34. The van der Waals surface area contributed by atoms with E-state index < -0.39 is 5.41 Å². The van der Waals surface area contributed by atoms with Gasteiger partial charge in [0.25, 0.3) is 0 Å². The topological polar surface area (TPSA) is 57.1 Å². The Morgan fingerprint density at radius 3 is 1.89 bits per heavy atom. The van der Waals surface area contributed by atoms with Crippen LogP contribution in [-0.2, 0) is 5.41 Å². The number of aromatic nitrogens is 3. The average Bonchev–Trinajstić information content (AvgIpc) is 3.55. The summed E-state index contributed by atoms with van der Waals surface area (Å²) in [5.74, 6) is 4.15. The Balaban J connectivity index is 1.15. The van der Waals surface area contributed by atoms with Crippen LogP contribution in [0.5, 0.6) is 23.0 Å². The van der Waals surface area contributed by atoms with Gasteiger partial charge in [-0.1, -0.05) is 153 Å². The van der Waals surface area contributed by atoms with Gasteiger partial charge in [0.15, 0.2) is 40.5 Å². The lowest BCUT2D eigenvalue weighted by Crippen LogP contribution is -2.28. The van der Waals surface area contributed by atoms with E-state index >= 15 is 0 Å². The van der Waals surface area contributed by atoms with Crippen molar-refractivity contribution in [1.29, 1.82) is 0 Å². The summed E-state index contributed by atoms with van der Waals surface area (Å²) in [6, 6.07) is 48.4. The number of hydrogen-bond donors (Lipinski definition) is 0. The van der Waals surface area contributed by atoms with Crippen molar-refractivity contribution in [3.8, 4) is 56.9 Å². The van der Waals surface area contributed by atoms with Crippen LogP contribution >= 0.6 is 0 Å². The Bertz CT molecular complexity index is 2760. The summed E-state index contributed by atoms with van der Waals surface area (Å²) in [6.07, 6.45) is 11.5. The fourth-order valence-corrected chi connectivity index (χ4v) is 8.15. The van der Waals surface area contributed by atoms with E-state index in [1.165, 1.54) is 22.3 Å². The zero-order chi connectivity index (χ0) is 38.9. The van der Waals surface area contributed by atoms with Crippen LogP contribution in [0.15, 0.2) is 189 Å². The fraction of sp³-hybridized carbons (Fsp3) is 0.0577. The molecule has 0 bridgehead atoms. The van der Waals surface area contributed by atoms with Crippen molar-refractivity contribution in [1.82, 2.24) is 15.0 Å². The van der Waals surface area contributed by atoms with Crippen LogP contribution in [0, 0.1) is 0 Å². The zero-order valence-electron chi connectivity index (χ0n) is 31.8. The molecule has 5 heteroatoms. The quantitative estimate of drug-likeness (QED) is 0.138. The van der Waals surface area contributed by atoms with Gasteiger partial charge in [0, 0.05) is 16.7 Å². The van der Waals surface area contributed by atoms with Gasteiger partial charge in [-0.3, -0.25) is 0 Å². The molecule has 6 aromatic carbocycles. The first kappa shape index (κ1) is 35.3. The number of hydrogen-bond acceptors (Lipinski definition) is 5. The predicted octanol–water partition coefficient (Wildman–Crippen LogP) is 13.2. The lowest BCUT2D eigenvalue weighted by molar-refractivity contribution is 0.359. The second-order valence-electron chi connectivity index (χ2n) is 13.9. The molecule has 0 saturated heterocycles. The largest absolute Gasteiger partial charge is 0.450 e. The number of rotatable bonds is 9. The molecule has 7 aromatic rings. The van der Waals surface area contributed by atoms with Crippen LogP contribution in [0.25, 0.3) is 45.0 Å². The van der Waals surface area contributed by atoms with Gasteiger partial charge in [-0.15, -0.1) is 0 Å². The monoisotopic (exact) mass is 737 g/mol. The zero-order valence-corrected chi connectivity index (χ0v) is 31.8. The third-order valence-corrected chi connectivity index (χ3v) is 10.7. The van der Waals surface area contributed by atoms with Crippen LogP contribution < -0.4 is 9.47 Å². The average molecular weight is 738 g/mol. The van der Waals surface area contributed by atoms with Crippen molar-refractivity contribution >= 4 is 11.1 Å². The third kappa shape index (κ3) is 6.01. The van der Waals surface area contributed by atoms with Crippen molar-refractivity contribution in [3.63, 3.8) is 0 Å². The molecular weight excluding hydrogens is 699 g/mol. The first-order valence-corrected chi connectivity index (χ1v) is 19.1. The van der Waals surface area contributed by atoms with E-state index in [0.29, 0.717) is 40.5 Å². The summed E-state index contributed by atoms with van der Waals surface area (Å²) in [4.78, 5) is 15.0. The van der Waals surface area contributed by atoms with Crippen LogP contribution in [0.2, 0.25) is 0 Å². The Kier molecular flexibility index (Phi) is 9.11. The van der Waals surface area contributed by atoms with Crippen molar-refractivity contribution in [2.24, 2.45) is 0 Å². The molecule has 274 valence electrons. The first-order valence-electron chi connectivity index (χ1n) is 19.1. The Hall–Kier alpha value is -7.37. The molecule has 5 nitrogen and oxygen atoms in total. The van der Waals surface area contributed by atoms with E-state index in [0.717, 1.165) is 39.0 Å². The van der Waals surface area contributed by atoms with Crippen molar-refractivity contribution in [3.05, 3.63) is 223 Å². The van der Waals surface area contributed by atoms with E-state index in [9.17, 15) is 0 Å². The Morgan fingerprint density at radius 1 is 0.561 bits per heavy atom. The molecule has 2 heterocycles. The molecule has 0 unspecified atom stereocenters. The summed E-state index contributed by atoms with van der Waals surface area (Å²) in [5.41, 5.74) is 11.0. The standard InChI is InChI=1S/C52H39N3O2/c1-5-18-34(7-3)36-20-17-21-37(30-36)50-53-49(35(8-4)19-6-2)54-51(55-50)38-28-29-45-46(31-38)57-47-32-42-41-26-15-16-27-43(41)52(39-22-11-9-12-23-39,40-24-13-10-14-25-40)44(42)33-48(47)56-45/h5-33H,1,3H2,2,4H3/b19-6-,34-18+,35-8+. The molecule has 1 aliphatic heterocycles.